The molecule has 1 aromatic carbocycles. The van der Waals surface area contributed by atoms with E-state index in [9.17, 15) is 9.90 Å². The number of aliphatic hydroxyl groups excluding tert-OH is 1. The number of carbonyl (C=O) groups is 1. The van der Waals surface area contributed by atoms with Crippen LogP contribution in [0.1, 0.15) is 24.0 Å². The number of rotatable bonds is 4. The quantitative estimate of drug-likeness (QED) is 0.899. The first kappa shape index (κ1) is 13.9. The van der Waals surface area contributed by atoms with Crippen LogP contribution in [0.3, 0.4) is 0 Å². The summed E-state index contributed by atoms with van der Waals surface area (Å²) in [6.07, 6.45) is 0.688. The van der Waals surface area contributed by atoms with Crippen molar-refractivity contribution in [3.05, 3.63) is 29.3 Å². The van der Waals surface area contributed by atoms with Crippen molar-refractivity contribution >= 4 is 5.91 Å². The van der Waals surface area contributed by atoms with Gasteiger partial charge in [-0.15, -0.1) is 0 Å². The van der Waals surface area contributed by atoms with Gasteiger partial charge in [0.15, 0.2) is 0 Å². The average Bonchev–Trinajstić information content (AvgIpc) is 2.80. The average molecular weight is 263 g/mol. The van der Waals surface area contributed by atoms with Crippen molar-refractivity contribution in [1.82, 2.24) is 4.90 Å². The SMILES string of the molecule is Cc1ccc(C)c(OCCC(=O)N2CCC(O)C2)c1. The van der Waals surface area contributed by atoms with Gasteiger partial charge in [-0.05, 0) is 37.5 Å². The van der Waals surface area contributed by atoms with E-state index in [4.69, 9.17) is 4.74 Å². The van der Waals surface area contributed by atoms with Crippen LogP contribution < -0.4 is 4.74 Å². The molecule has 1 fully saturated rings. The predicted molar refractivity (Wildman–Crippen MR) is 73.2 cm³/mol. The lowest BCUT2D eigenvalue weighted by Gasteiger charge is -2.16. The third-order valence-electron chi connectivity index (χ3n) is 3.43. The third kappa shape index (κ3) is 3.70. The Kier molecular flexibility index (Phi) is 4.43. The molecular weight excluding hydrogens is 242 g/mol. The highest BCUT2D eigenvalue weighted by Gasteiger charge is 2.24. The fraction of sp³-hybridized carbons (Fsp3) is 0.533. The molecule has 0 aromatic heterocycles. The lowest BCUT2D eigenvalue weighted by atomic mass is 10.1. The number of ether oxygens (including phenoxy) is 1. The summed E-state index contributed by atoms with van der Waals surface area (Å²) in [5.74, 6) is 0.899. The standard InChI is InChI=1S/C15H21NO3/c1-11-3-4-12(2)14(9-11)19-8-6-15(18)16-7-5-13(17)10-16/h3-4,9,13,17H,5-8,10H2,1-2H3. The molecule has 1 saturated heterocycles. The summed E-state index contributed by atoms with van der Waals surface area (Å²) in [7, 11) is 0. The van der Waals surface area contributed by atoms with E-state index in [2.05, 4.69) is 0 Å². The first-order valence-corrected chi connectivity index (χ1v) is 6.72. The summed E-state index contributed by atoms with van der Waals surface area (Å²) in [4.78, 5) is 13.6. The summed E-state index contributed by atoms with van der Waals surface area (Å²) >= 11 is 0. The molecule has 19 heavy (non-hydrogen) atoms. The molecule has 4 heteroatoms. The number of amides is 1. The Morgan fingerprint density at radius 3 is 2.95 bits per heavy atom. The number of hydrogen-bond acceptors (Lipinski definition) is 3. The van der Waals surface area contributed by atoms with Crippen LogP contribution in [0.4, 0.5) is 0 Å². The molecule has 0 spiro atoms. The van der Waals surface area contributed by atoms with Gasteiger partial charge in [-0.3, -0.25) is 4.79 Å². The van der Waals surface area contributed by atoms with E-state index in [1.165, 1.54) is 0 Å². The molecule has 104 valence electrons. The molecule has 1 aliphatic heterocycles. The Morgan fingerprint density at radius 2 is 2.26 bits per heavy atom. The summed E-state index contributed by atoms with van der Waals surface area (Å²) in [6, 6.07) is 6.04. The third-order valence-corrected chi connectivity index (χ3v) is 3.43. The maximum Gasteiger partial charge on any atom is 0.226 e. The Labute approximate surface area is 114 Å². The van der Waals surface area contributed by atoms with Gasteiger partial charge < -0.3 is 14.7 Å². The fourth-order valence-corrected chi connectivity index (χ4v) is 2.24. The van der Waals surface area contributed by atoms with Gasteiger partial charge in [0.2, 0.25) is 5.91 Å². The molecule has 1 N–H and O–H groups in total. The molecule has 0 saturated carbocycles. The van der Waals surface area contributed by atoms with Crippen LogP contribution >= 0.6 is 0 Å². The van der Waals surface area contributed by atoms with Gasteiger partial charge in [-0.1, -0.05) is 12.1 Å². The molecule has 4 nitrogen and oxygen atoms in total. The van der Waals surface area contributed by atoms with Gasteiger partial charge in [0.1, 0.15) is 5.75 Å². The second kappa shape index (κ2) is 6.06. The molecule has 0 aliphatic carbocycles. The second-order valence-electron chi connectivity index (χ2n) is 5.15. The zero-order valence-electron chi connectivity index (χ0n) is 11.6. The lowest BCUT2D eigenvalue weighted by Crippen LogP contribution is -2.30. The zero-order chi connectivity index (χ0) is 13.8. The molecule has 0 radical (unpaired) electrons. The highest BCUT2D eigenvalue weighted by atomic mass is 16.5. The normalized spacial score (nSPS) is 18.7. The Balaban J connectivity index is 1.80. The summed E-state index contributed by atoms with van der Waals surface area (Å²) in [5.41, 5.74) is 2.23. The number of carbonyl (C=O) groups excluding carboxylic acids is 1. The van der Waals surface area contributed by atoms with Crippen molar-refractivity contribution in [3.63, 3.8) is 0 Å². The number of benzene rings is 1. The first-order chi connectivity index (χ1) is 9.06. The van der Waals surface area contributed by atoms with Crippen LogP contribution in [0, 0.1) is 13.8 Å². The molecule has 1 aliphatic rings. The van der Waals surface area contributed by atoms with Gasteiger partial charge in [0.25, 0.3) is 0 Å². The molecule has 0 bridgehead atoms. The van der Waals surface area contributed by atoms with Gasteiger partial charge in [0.05, 0.1) is 19.1 Å². The smallest absolute Gasteiger partial charge is 0.226 e. The Hall–Kier alpha value is -1.55. The maximum absolute atomic E-state index is 11.9. The number of hydrogen-bond donors (Lipinski definition) is 1. The molecule has 1 amide bonds. The zero-order valence-corrected chi connectivity index (χ0v) is 11.6. The van der Waals surface area contributed by atoms with Crippen LogP contribution in [-0.2, 0) is 4.79 Å². The monoisotopic (exact) mass is 263 g/mol. The molecule has 2 rings (SSSR count). The van der Waals surface area contributed by atoms with Gasteiger partial charge in [0, 0.05) is 13.1 Å². The van der Waals surface area contributed by atoms with Crippen molar-refractivity contribution in [1.29, 1.82) is 0 Å². The topological polar surface area (TPSA) is 49.8 Å². The Bertz CT molecular complexity index is 459. The van der Waals surface area contributed by atoms with Crippen LogP contribution in [0.15, 0.2) is 18.2 Å². The summed E-state index contributed by atoms with van der Waals surface area (Å²) in [6.45, 7) is 5.51. The van der Waals surface area contributed by atoms with Gasteiger partial charge >= 0.3 is 0 Å². The number of nitrogens with zero attached hydrogens (tertiary/aromatic N) is 1. The highest BCUT2D eigenvalue weighted by molar-refractivity contribution is 5.76. The lowest BCUT2D eigenvalue weighted by molar-refractivity contribution is -0.131. The minimum absolute atomic E-state index is 0.0573. The van der Waals surface area contributed by atoms with E-state index >= 15 is 0 Å². The largest absolute Gasteiger partial charge is 0.493 e. The minimum atomic E-state index is -0.358. The summed E-state index contributed by atoms with van der Waals surface area (Å²) < 4.78 is 5.66. The summed E-state index contributed by atoms with van der Waals surface area (Å²) in [5, 5.41) is 9.39. The molecule has 1 unspecified atom stereocenters. The minimum Gasteiger partial charge on any atom is -0.493 e. The van der Waals surface area contributed by atoms with Gasteiger partial charge in [-0.25, -0.2) is 0 Å². The number of aliphatic hydroxyl groups is 1. The van der Waals surface area contributed by atoms with E-state index in [0.717, 1.165) is 16.9 Å². The second-order valence-corrected chi connectivity index (χ2v) is 5.15. The fourth-order valence-electron chi connectivity index (χ4n) is 2.24. The van der Waals surface area contributed by atoms with Crippen LogP contribution in [-0.4, -0.2) is 41.7 Å². The van der Waals surface area contributed by atoms with Crippen molar-refractivity contribution in [2.75, 3.05) is 19.7 Å². The maximum atomic E-state index is 11.9. The van der Waals surface area contributed by atoms with Crippen molar-refractivity contribution in [2.45, 2.75) is 32.8 Å². The van der Waals surface area contributed by atoms with Crippen molar-refractivity contribution in [3.8, 4) is 5.75 Å². The first-order valence-electron chi connectivity index (χ1n) is 6.72. The number of β-amino-alcohol motifs (C(OH)–C–C–N with tert-alkyl or cyclic N) is 1. The number of likely N-dealkylation sites (tertiary alicyclic amines) is 1. The van der Waals surface area contributed by atoms with E-state index < -0.39 is 0 Å². The van der Waals surface area contributed by atoms with E-state index in [1.807, 2.05) is 32.0 Å². The van der Waals surface area contributed by atoms with Crippen molar-refractivity contribution in [2.24, 2.45) is 0 Å². The predicted octanol–water partition coefficient (Wildman–Crippen LogP) is 1.67. The number of aryl methyl sites for hydroxylation is 2. The van der Waals surface area contributed by atoms with Crippen LogP contribution in [0.25, 0.3) is 0 Å². The van der Waals surface area contributed by atoms with Crippen molar-refractivity contribution < 1.29 is 14.6 Å². The van der Waals surface area contributed by atoms with Crippen LogP contribution in [0.5, 0.6) is 5.75 Å². The van der Waals surface area contributed by atoms with Crippen LogP contribution in [0.2, 0.25) is 0 Å². The highest BCUT2D eigenvalue weighted by Crippen LogP contribution is 2.19. The van der Waals surface area contributed by atoms with E-state index in [1.54, 1.807) is 4.90 Å². The van der Waals surface area contributed by atoms with E-state index in [-0.39, 0.29) is 12.0 Å². The molecular formula is C15H21NO3. The molecule has 1 aromatic rings. The molecule has 1 heterocycles. The van der Waals surface area contributed by atoms with Gasteiger partial charge in [-0.2, -0.15) is 0 Å². The molecule has 1 atom stereocenters. The van der Waals surface area contributed by atoms with E-state index in [0.29, 0.717) is 32.5 Å². The Morgan fingerprint density at radius 1 is 1.47 bits per heavy atom.